The number of hydrogen-bond donors (Lipinski definition) is 1. The molecule has 0 atom stereocenters. The summed E-state index contributed by atoms with van der Waals surface area (Å²) < 4.78 is 7.45. The molecular formula is C26H21N3O4. The molecule has 0 spiro atoms. The monoisotopic (exact) mass is 439 g/mol. The molecular weight excluding hydrogens is 418 g/mol. The number of aromatic nitrogens is 1. The normalized spacial score (nSPS) is 12.8. The molecule has 4 aromatic rings. The fourth-order valence-electron chi connectivity index (χ4n) is 4.18. The highest BCUT2D eigenvalue weighted by Crippen LogP contribution is 2.30. The minimum atomic E-state index is -0.374. The Morgan fingerprint density at radius 2 is 1.64 bits per heavy atom. The summed E-state index contributed by atoms with van der Waals surface area (Å²) in [5, 5.41) is 2.89. The quantitative estimate of drug-likeness (QED) is 0.453. The van der Waals surface area contributed by atoms with Gasteiger partial charge in [-0.15, -0.1) is 0 Å². The molecule has 33 heavy (non-hydrogen) atoms. The number of carbonyl (C=O) groups is 3. The van der Waals surface area contributed by atoms with Gasteiger partial charge in [-0.3, -0.25) is 14.4 Å². The van der Waals surface area contributed by atoms with Crippen molar-refractivity contribution < 1.29 is 18.8 Å². The summed E-state index contributed by atoms with van der Waals surface area (Å²) in [5.41, 5.74) is 3.95. The van der Waals surface area contributed by atoms with Crippen LogP contribution in [0.4, 0.5) is 11.4 Å². The van der Waals surface area contributed by atoms with E-state index in [1.807, 2.05) is 36.6 Å². The predicted molar refractivity (Wildman–Crippen MR) is 124 cm³/mol. The lowest BCUT2D eigenvalue weighted by atomic mass is 10.1. The van der Waals surface area contributed by atoms with E-state index in [-0.39, 0.29) is 17.7 Å². The molecule has 0 aliphatic carbocycles. The van der Waals surface area contributed by atoms with Crippen LogP contribution in [0.25, 0.3) is 0 Å². The van der Waals surface area contributed by atoms with E-state index in [9.17, 15) is 14.4 Å². The third kappa shape index (κ3) is 3.53. The topological polar surface area (TPSA) is 84.5 Å². The average molecular weight is 439 g/mol. The van der Waals surface area contributed by atoms with Crippen molar-refractivity contribution in [2.45, 2.75) is 20.4 Å². The molecule has 0 saturated carbocycles. The molecule has 0 unspecified atom stereocenters. The van der Waals surface area contributed by atoms with Gasteiger partial charge in [0.1, 0.15) is 5.76 Å². The van der Waals surface area contributed by atoms with Gasteiger partial charge in [0, 0.05) is 17.1 Å². The number of anilines is 2. The van der Waals surface area contributed by atoms with Crippen molar-refractivity contribution in [1.82, 2.24) is 4.57 Å². The summed E-state index contributed by atoms with van der Waals surface area (Å²) in [6.45, 7) is 4.36. The average Bonchev–Trinajstić information content (AvgIpc) is 3.49. The molecule has 3 amide bonds. The second-order valence-corrected chi connectivity index (χ2v) is 7.95. The summed E-state index contributed by atoms with van der Waals surface area (Å²) in [7, 11) is 0. The maximum Gasteiger partial charge on any atom is 0.266 e. The first-order chi connectivity index (χ1) is 15.9. The fraction of sp³-hybridized carbons (Fsp3) is 0.115. The minimum absolute atomic E-state index is 0.270. The maximum atomic E-state index is 13.0. The number of carbonyl (C=O) groups excluding carboxylic acids is 3. The molecule has 1 aliphatic heterocycles. The molecule has 2 aromatic heterocycles. The smallest absolute Gasteiger partial charge is 0.266 e. The Kier molecular flexibility index (Phi) is 4.94. The second kappa shape index (κ2) is 7.94. The van der Waals surface area contributed by atoms with Crippen LogP contribution < -0.4 is 10.2 Å². The molecule has 0 bridgehead atoms. The van der Waals surface area contributed by atoms with Crippen LogP contribution in [0.5, 0.6) is 0 Å². The number of benzene rings is 2. The third-order valence-electron chi connectivity index (χ3n) is 5.87. The lowest BCUT2D eigenvalue weighted by molar-refractivity contribution is 0.0925. The lowest BCUT2D eigenvalue weighted by Crippen LogP contribution is -2.29. The van der Waals surface area contributed by atoms with Gasteiger partial charge >= 0.3 is 0 Å². The first kappa shape index (κ1) is 20.5. The largest absolute Gasteiger partial charge is 0.467 e. The van der Waals surface area contributed by atoms with Crippen molar-refractivity contribution in [2.75, 3.05) is 10.2 Å². The van der Waals surface area contributed by atoms with Crippen LogP contribution in [0.15, 0.2) is 77.4 Å². The van der Waals surface area contributed by atoms with E-state index in [4.69, 9.17) is 4.42 Å². The van der Waals surface area contributed by atoms with Crippen LogP contribution in [0.3, 0.4) is 0 Å². The Labute approximate surface area is 190 Å². The molecule has 3 heterocycles. The number of furan rings is 1. The van der Waals surface area contributed by atoms with Crippen molar-refractivity contribution in [3.05, 3.63) is 107 Å². The second-order valence-electron chi connectivity index (χ2n) is 7.95. The van der Waals surface area contributed by atoms with Crippen LogP contribution in [-0.4, -0.2) is 22.3 Å². The summed E-state index contributed by atoms with van der Waals surface area (Å²) in [6, 6.07) is 19.0. The Balaban J connectivity index is 1.38. The van der Waals surface area contributed by atoms with Crippen molar-refractivity contribution in [1.29, 1.82) is 0 Å². The zero-order chi connectivity index (χ0) is 23.1. The molecule has 5 rings (SSSR count). The zero-order valence-electron chi connectivity index (χ0n) is 18.2. The molecule has 0 saturated heterocycles. The highest BCUT2D eigenvalue weighted by molar-refractivity contribution is 6.34. The van der Waals surface area contributed by atoms with Gasteiger partial charge in [0.15, 0.2) is 0 Å². The highest BCUT2D eigenvalue weighted by Gasteiger charge is 2.36. The van der Waals surface area contributed by atoms with Crippen LogP contribution >= 0.6 is 0 Å². The predicted octanol–water partition coefficient (Wildman–Crippen LogP) is 4.80. The molecule has 1 N–H and O–H groups in total. The SMILES string of the molecule is Cc1cc(C(=O)Nc2cccc(N3C(=O)c4ccccc4C3=O)c2)c(C)n1Cc1ccco1. The molecule has 0 radical (unpaired) electrons. The lowest BCUT2D eigenvalue weighted by Gasteiger charge is -2.15. The van der Waals surface area contributed by atoms with Gasteiger partial charge in [0.05, 0.1) is 35.2 Å². The van der Waals surface area contributed by atoms with Crippen LogP contribution in [0.1, 0.15) is 48.2 Å². The number of fused-ring (bicyclic) bond motifs is 1. The van der Waals surface area contributed by atoms with Crippen LogP contribution in [-0.2, 0) is 6.54 Å². The summed E-state index contributed by atoms with van der Waals surface area (Å²) in [4.78, 5) is 39.8. The van der Waals surface area contributed by atoms with Crippen LogP contribution in [0, 0.1) is 13.8 Å². The van der Waals surface area contributed by atoms with E-state index in [1.165, 1.54) is 0 Å². The zero-order valence-corrected chi connectivity index (χ0v) is 18.2. The van der Waals surface area contributed by atoms with Crippen molar-refractivity contribution in [2.24, 2.45) is 0 Å². The third-order valence-corrected chi connectivity index (χ3v) is 5.87. The first-order valence-corrected chi connectivity index (χ1v) is 10.5. The van der Waals surface area contributed by atoms with Gasteiger partial charge in [0.2, 0.25) is 0 Å². The van der Waals surface area contributed by atoms with Crippen molar-refractivity contribution in [3.8, 4) is 0 Å². The van der Waals surface area contributed by atoms with E-state index in [1.54, 1.807) is 54.8 Å². The fourth-order valence-corrected chi connectivity index (χ4v) is 4.18. The summed E-state index contributed by atoms with van der Waals surface area (Å²) in [6.07, 6.45) is 1.62. The van der Waals surface area contributed by atoms with Crippen molar-refractivity contribution >= 4 is 29.1 Å². The van der Waals surface area contributed by atoms with Crippen molar-refractivity contribution in [3.63, 3.8) is 0 Å². The van der Waals surface area contributed by atoms with Gasteiger partial charge < -0.3 is 14.3 Å². The highest BCUT2D eigenvalue weighted by atomic mass is 16.3. The molecule has 1 aliphatic rings. The summed E-state index contributed by atoms with van der Waals surface area (Å²) in [5.74, 6) is -0.216. The Bertz CT molecular complexity index is 1360. The molecule has 0 fully saturated rings. The number of amides is 3. The summed E-state index contributed by atoms with van der Waals surface area (Å²) >= 11 is 0. The first-order valence-electron chi connectivity index (χ1n) is 10.5. The van der Waals surface area contributed by atoms with Gasteiger partial charge in [-0.2, -0.15) is 0 Å². The number of rotatable bonds is 5. The maximum absolute atomic E-state index is 13.0. The van der Waals surface area contributed by atoms with Gasteiger partial charge in [0.25, 0.3) is 17.7 Å². The standard InChI is InChI=1S/C26H21N3O4/c1-16-13-23(17(2)28(16)15-20-9-6-12-33-20)24(30)27-18-7-5-8-19(14-18)29-25(31)21-10-3-4-11-22(21)26(29)32/h3-14H,15H2,1-2H3,(H,27,30). The Hall–Kier alpha value is -4.39. The Morgan fingerprint density at radius 1 is 0.909 bits per heavy atom. The van der Waals surface area contributed by atoms with E-state index in [2.05, 4.69) is 5.32 Å². The van der Waals surface area contributed by atoms with Gasteiger partial charge in [-0.05, 0) is 62.4 Å². The van der Waals surface area contributed by atoms with E-state index < -0.39 is 0 Å². The molecule has 164 valence electrons. The van der Waals surface area contributed by atoms with Gasteiger partial charge in [-0.25, -0.2) is 4.90 Å². The number of imide groups is 1. The molecule has 2 aromatic carbocycles. The van der Waals surface area contributed by atoms with E-state index in [0.29, 0.717) is 34.6 Å². The number of aryl methyl sites for hydroxylation is 1. The molecule has 7 heteroatoms. The number of nitrogens with one attached hydrogen (secondary N) is 1. The van der Waals surface area contributed by atoms with E-state index in [0.717, 1.165) is 22.0 Å². The number of hydrogen-bond acceptors (Lipinski definition) is 4. The van der Waals surface area contributed by atoms with Crippen LogP contribution in [0.2, 0.25) is 0 Å². The Morgan fingerprint density at radius 3 is 2.30 bits per heavy atom. The van der Waals surface area contributed by atoms with E-state index >= 15 is 0 Å². The molecule has 7 nitrogen and oxygen atoms in total. The minimum Gasteiger partial charge on any atom is -0.467 e. The van der Waals surface area contributed by atoms with Gasteiger partial charge in [-0.1, -0.05) is 18.2 Å². The number of nitrogens with zero attached hydrogens (tertiary/aromatic N) is 2.